The summed E-state index contributed by atoms with van der Waals surface area (Å²) in [5.74, 6) is -1.45. The molecule has 0 aliphatic rings. The summed E-state index contributed by atoms with van der Waals surface area (Å²) in [5, 5.41) is 34.8. The quantitative estimate of drug-likeness (QED) is 0.101. The second kappa shape index (κ2) is 27.2. The molecule has 0 rings (SSSR count). The summed E-state index contributed by atoms with van der Waals surface area (Å²) in [6, 6.07) is 0. The number of hydrogen-bond donors (Lipinski definition) is 4. The molecule has 0 aromatic carbocycles. The van der Waals surface area contributed by atoms with Crippen molar-refractivity contribution in [1.82, 2.24) is 0 Å². The Morgan fingerprint density at radius 1 is 0.571 bits per heavy atom. The molecule has 0 radical (unpaired) electrons. The first-order valence-electron chi connectivity index (χ1n) is 15.9. The zero-order valence-corrected chi connectivity index (χ0v) is 27.9. The molecule has 0 aromatic heterocycles. The van der Waals surface area contributed by atoms with Crippen molar-refractivity contribution in [3.05, 3.63) is 23.3 Å². The molecule has 0 aliphatic carbocycles. The smallest absolute Gasteiger partial charge is 0.331 e. The van der Waals surface area contributed by atoms with E-state index >= 15 is 0 Å². The van der Waals surface area contributed by atoms with E-state index in [0.717, 1.165) is 81.3 Å². The highest BCUT2D eigenvalue weighted by Gasteiger charge is 2.16. The second-order valence-electron chi connectivity index (χ2n) is 12.2. The molecule has 0 amide bonds. The van der Waals surface area contributed by atoms with Gasteiger partial charge in [-0.2, -0.15) is 0 Å². The molecule has 8 heteroatoms. The molecule has 2 atom stereocenters. The minimum absolute atomic E-state index is 0.00421. The molecule has 8 nitrogen and oxygen atoms in total. The zero-order valence-electron chi connectivity index (χ0n) is 27.9. The average molecular weight is 599 g/mol. The third kappa shape index (κ3) is 28.9. The van der Waals surface area contributed by atoms with Gasteiger partial charge in [-0.15, -0.1) is 0 Å². The van der Waals surface area contributed by atoms with Crippen molar-refractivity contribution in [2.75, 3.05) is 0 Å². The van der Waals surface area contributed by atoms with Crippen molar-refractivity contribution >= 4 is 23.9 Å². The molecule has 246 valence electrons. The van der Waals surface area contributed by atoms with Gasteiger partial charge in [-0.3, -0.25) is 0 Å². The number of unbranched alkanes of at least 4 members (excludes halogenated alkanes) is 2. The lowest BCUT2D eigenvalue weighted by atomic mass is 9.91. The highest BCUT2D eigenvalue weighted by molar-refractivity contribution is 5.95. The zero-order chi connectivity index (χ0) is 33.3. The molecule has 0 aliphatic heterocycles. The van der Waals surface area contributed by atoms with E-state index in [1.54, 1.807) is 0 Å². The lowest BCUT2D eigenvalue weighted by Crippen LogP contribution is -2.09. The van der Waals surface area contributed by atoms with Gasteiger partial charge < -0.3 is 20.4 Å². The number of rotatable bonds is 20. The van der Waals surface area contributed by atoms with Crippen molar-refractivity contribution in [1.29, 1.82) is 0 Å². The van der Waals surface area contributed by atoms with Crippen LogP contribution in [0.2, 0.25) is 0 Å². The predicted octanol–water partition coefficient (Wildman–Crippen LogP) is 9.09. The fraction of sp³-hybridized carbons (Fsp3) is 0.765. The van der Waals surface area contributed by atoms with Crippen molar-refractivity contribution in [3.8, 4) is 0 Å². The Bertz CT molecular complexity index is 744. The normalized spacial score (nSPS) is 13.1. The first kappa shape index (κ1) is 43.8. The van der Waals surface area contributed by atoms with Gasteiger partial charge in [0.25, 0.3) is 0 Å². The topological polar surface area (TPSA) is 149 Å². The van der Waals surface area contributed by atoms with Crippen LogP contribution < -0.4 is 0 Å². The van der Waals surface area contributed by atoms with E-state index in [2.05, 4.69) is 48.5 Å². The molecule has 0 saturated heterocycles. The maximum atomic E-state index is 10.8. The summed E-state index contributed by atoms with van der Waals surface area (Å²) in [5.41, 5.74) is -0.00842. The van der Waals surface area contributed by atoms with Crippen molar-refractivity contribution in [2.45, 2.75) is 139 Å². The second-order valence-corrected chi connectivity index (χ2v) is 12.2. The lowest BCUT2D eigenvalue weighted by Gasteiger charge is -2.15. The summed E-state index contributed by atoms with van der Waals surface area (Å²) in [4.78, 5) is 42.6. The van der Waals surface area contributed by atoms with E-state index in [4.69, 9.17) is 20.4 Å². The Morgan fingerprint density at radius 3 is 1.07 bits per heavy atom. The van der Waals surface area contributed by atoms with Crippen LogP contribution in [0, 0.1) is 29.6 Å². The van der Waals surface area contributed by atoms with Crippen molar-refractivity contribution < 1.29 is 39.6 Å². The number of aliphatic carboxylic acids is 4. The van der Waals surface area contributed by atoms with E-state index in [1.807, 2.05) is 13.8 Å². The van der Waals surface area contributed by atoms with E-state index in [9.17, 15) is 19.2 Å². The molecule has 0 saturated carbocycles. The summed E-state index contributed by atoms with van der Waals surface area (Å²) in [6.45, 7) is 19.7. The van der Waals surface area contributed by atoms with Gasteiger partial charge >= 0.3 is 23.9 Å². The first-order chi connectivity index (χ1) is 19.5. The third-order valence-corrected chi connectivity index (χ3v) is 7.00. The van der Waals surface area contributed by atoms with Crippen LogP contribution in [0.3, 0.4) is 0 Å². The van der Waals surface area contributed by atoms with Crippen LogP contribution in [0.5, 0.6) is 0 Å². The Balaban J connectivity index is -0.000000560. The molecule has 0 heterocycles. The van der Waals surface area contributed by atoms with E-state index in [1.165, 1.54) is 12.8 Å². The maximum Gasteiger partial charge on any atom is 0.331 e. The molecule has 0 fully saturated rings. The van der Waals surface area contributed by atoms with Gasteiger partial charge in [0.2, 0.25) is 0 Å². The summed E-state index contributed by atoms with van der Waals surface area (Å²) in [7, 11) is 0. The fourth-order valence-electron chi connectivity index (χ4n) is 4.93. The number of carbonyl (C=O) groups is 4. The minimum Gasteiger partial charge on any atom is -0.478 e. The molecule has 0 spiro atoms. The summed E-state index contributed by atoms with van der Waals surface area (Å²) >= 11 is 0. The monoisotopic (exact) mass is 598 g/mol. The number of hydrogen-bond acceptors (Lipinski definition) is 4. The van der Waals surface area contributed by atoms with Crippen LogP contribution in [0.1, 0.15) is 139 Å². The molecule has 0 bridgehead atoms. The Labute approximate surface area is 255 Å². The van der Waals surface area contributed by atoms with Crippen LogP contribution in [0.25, 0.3) is 0 Å². The Kier molecular flexibility index (Phi) is 28.4. The molecule has 0 aromatic rings. The number of carboxylic acid groups (broad SMARTS) is 4. The van der Waals surface area contributed by atoms with E-state index in [-0.39, 0.29) is 23.0 Å². The summed E-state index contributed by atoms with van der Waals surface area (Å²) in [6.07, 6.45) is 13.0. The van der Waals surface area contributed by atoms with Crippen LogP contribution in [-0.2, 0) is 19.2 Å². The maximum absolute atomic E-state index is 10.8. The Hall–Kier alpha value is -2.64. The van der Waals surface area contributed by atoms with Gasteiger partial charge in [-0.05, 0) is 55.3 Å². The van der Waals surface area contributed by atoms with Gasteiger partial charge in [-0.1, -0.05) is 114 Å². The van der Waals surface area contributed by atoms with Gasteiger partial charge in [0.05, 0.1) is 0 Å². The largest absolute Gasteiger partial charge is 0.478 e. The van der Waals surface area contributed by atoms with Crippen molar-refractivity contribution in [3.63, 3.8) is 0 Å². The van der Waals surface area contributed by atoms with Crippen LogP contribution >= 0.6 is 0 Å². The minimum atomic E-state index is -1.19. The van der Waals surface area contributed by atoms with Crippen LogP contribution in [-0.4, -0.2) is 44.3 Å². The molecular formula is C34H62O8. The van der Waals surface area contributed by atoms with Crippen molar-refractivity contribution in [2.24, 2.45) is 29.6 Å². The SMILES string of the molecule is CC(C)CC(C)CC(C)C.CCCCC(CC)C/C(=C/C(=O)O)C(=O)O.CCCCC(CC)C/C(=C/C(=O)O)C(=O)O. The summed E-state index contributed by atoms with van der Waals surface area (Å²) < 4.78 is 0. The van der Waals surface area contributed by atoms with Gasteiger partial charge in [0, 0.05) is 23.3 Å². The lowest BCUT2D eigenvalue weighted by molar-refractivity contribution is -0.135. The predicted molar refractivity (Wildman–Crippen MR) is 171 cm³/mol. The highest BCUT2D eigenvalue weighted by atomic mass is 16.4. The van der Waals surface area contributed by atoms with Crippen LogP contribution in [0.4, 0.5) is 0 Å². The van der Waals surface area contributed by atoms with E-state index in [0.29, 0.717) is 12.8 Å². The van der Waals surface area contributed by atoms with Gasteiger partial charge in [0.1, 0.15) is 0 Å². The third-order valence-electron chi connectivity index (χ3n) is 7.00. The van der Waals surface area contributed by atoms with Crippen LogP contribution in [0.15, 0.2) is 23.3 Å². The average Bonchev–Trinajstić information content (AvgIpc) is 2.86. The number of carboxylic acids is 4. The van der Waals surface area contributed by atoms with Gasteiger partial charge in [0.15, 0.2) is 0 Å². The molecule has 2 unspecified atom stereocenters. The molecular weight excluding hydrogens is 536 g/mol. The van der Waals surface area contributed by atoms with Gasteiger partial charge in [-0.25, -0.2) is 19.2 Å². The Morgan fingerprint density at radius 2 is 0.881 bits per heavy atom. The highest BCUT2D eigenvalue weighted by Crippen LogP contribution is 2.22. The standard InChI is InChI=1S/2C12H20O4.C10H22/c2*1-3-5-6-9(4-2)7-10(12(15)16)8-11(13)14;1-8(2)6-10(5)7-9(3)4/h2*8-9H,3-7H2,1-2H3,(H,13,14)(H,15,16);8-10H,6-7H2,1-5H3/b2*10-8-;. The first-order valence-corrected chi connectivity index (χ1v) is 15.9. The molecule has 4 N–H and O–H groups in total. The molecule has 42 heavy (non-hydrogen) atoms. The van der Waals surface area contributed by atoms with E-state index < -0.39 is 23.9 Å². The fourth-order valence-corrected chi connectivity index (χ4v) is 4.93.